The van der Waals surface area contributed by atoms with Crippen molar-refractivity contribution in [3.05, 3.63) is 39.2 Å². The van der Waals surface area contributed by atoms with Crippen molar-refractivity contribution in [1.82, 2.24) is 0 Å². The SMILES string of the molecule is CCCC1=C(I)Oc2ccccc2C1. The fourth-order valence-electron chi connectivity index (χ4n) is 1.71. The Kier molecular flexibility index (Phi) is 3.11. The Labute approximate surface area is 98.3 Å². The first-order chi connectivity index (χ1) is 6.81. The van der Waals surface area contributed by atoms with Gasteiger partial charge in [0.2, 0.25) is 0 Å². The topological polar surface area (TPSA) is 9.23 Å². The fourth-order valence-corrected chi connectivity index (χ4v) is 2.40. The fraction of sp³-hybridized carbons (Fsp3) is 0.333. The molecule has 0 saturated heterocycles. The lowest BCUT2D eigenvalue weighted by Gasteiger charge is -2.20. The van der Waals surface area contributed by atoms with Crippen LogP contribution in [0.2, 0.25) is 0 Å². The summed E-state index contributed by atoms with van der Waals surface area (Å²) >= 11 is 2.30. The molecule has 0 fully saturated rings. The number of ether oxygens (including phenoxy) is 1. The Morgan fingerprint density at radius 3 is 2.93 bits per heavy atom. The van der Waals surface area contributed by atoms with Crippen molar-refractivity contribution in [2.45, 2.75) is 26.2 Å². The van der Waals surface area contributed by atoms with Crippen molar-refractivity contribution in [1.29, 1.82) is 0 Å². The van der Waals surface area contributed by atoms with Gasteiger partial charge in [-0.15, -0.1) is 0 Å². The summed E-state index contributed by atoms with van der Waals surface area (Å²) in [6.07, 6.45) is 3.39. The molecule has 2 heteroatoms. The molecule has 1 heterocycles. The zero-order chi connectivity index (χ0) is 9.97. The van der Waals surface area contributed by atoms with E-state index < -0.39 is 0 Å². The molecule has 1 aromatic carbocycles. The van der Waals surface area contributed by atoms with Gasteiger partial charge < -0.3 is 4.74 Å². The van der Waals surface area contributed by atoms with Crippen LogP contribution >= 0.6 is 22.6 Å². The van der Waals surface area contributed by atoms with Crippen LogP contribution in [0, 0.1) is 0 Å². The highest BCUT2D eigenvalue weighted by Crippen LogP contribution is 2.34. The van der Waals surface area contributed by atoms with Crippen molar-refractivity contribution < 1.29 is 4.74 Å². The standard InChI is InChI=1S/C12H13IO/c1-2-5-10-8-9-6-3-4-7-11(9)14-12(10)13/h3-4,6-7H,2,5,8H2,1H3. The van der Waals surface area contributed by atoms with Crippen LogP contribution in [0.4, 0.5) is 0 Å². The van der Waals surface area contributed by atoms with Gasteiger partial charge in [-0.1, -0.05) is 31.5 Å². The van der Waals surface area contributed by atoms with Gasteiger partial charge in [-0.2, -0.15) is 0 Å². The highest BCUT2D eigenvalue weighted by atomic mass is 127. The van der Waals surface area contributed by atoms with Gasteiger partial charge in [0.1, 0.15) is 5.75 Å². The quantitative estimate of drug-likeness (QED) is 0.748. The molecule has 0 aromatic heterocycles. The molecule has 1 aromatic rings. The molecular weight excluding hydrogens is 287 g/mol. The molecule has 0 bridgehead atoms. The lowest BCUT2D eigenvalue weighted by atomic mass is 10.0. The van der Waals surface area contributed by atoms with E-state index in [1.54, 1.807) is 0 Å². The van der Waals surface area contributed by atoms with Gasteiger partial charge in [0, 0.05) is 6.42 Å². The Morgan fingerprint density at radius 2 is 2.14 bits per heavy atom. The van der Waals surface area contributed by atoms with Crippen molar-refractivity contribution in [2.75, 3.05) is 0 Å². The van der Waals surface area contributed by atoms with Gasteiger partial charge in [-0.25, -0.2) is 0 Å². The lowest BCUT2D eigenvalue weighted by Crippen LogP contribution is -2.06. The van der Waals surface area contributed by atoms with E-state index in [1.807, 2.05) is 12.1 Å². The molecule has 0 radical (unpaired) electrons. The second-order valence-corrected chi connectivity index (χ2v) is 4.49. The third-order valence-corrected chi connectivity index (χ3v) is 3.39. The molecular formula is C12H13IO. The Bertz CT molecular complexity index is 368. The second kappa shape index (κ2) is 4.34. The van der Waals surface area contributed by atoms with E-state index in [2.05, 4.69) is 41.6 Å². The van der Waals surface area contributed by atoms with E-state index in [-0.39, 0.29) is 0 Å². The van der Waals surface area contributed by atoms with E-state index in [9.17, 15) is 0 Å². The van der Waals surface area contributed by atoms with Crippen LogP contribution in [0.1, 0.15) is 25.3 Å². The molecule has 0 N–H and O–H groups in total. The van der Waals surface area contributed by atoms with Crippen LogP contribution in [-0.4, -0.2) is 0 Å². The number of benzene rings is 1. The predicted molar refractivity (Wildman–Crippen MR) is 66.7 cm³/mol. The third kappa shape index (κ3) is 1.95. The summed E-state index contributed by atoms with van der Waals surface area (Å²) in [4.78, 5) is 0. The van der Waals surface area contributed by atoms with E-state index in [4.69, 9.17) is 4.74 Å². The number of hydrogen-bond acceptors (Lipinski definition) is 1. The van der Waals surface area contributed by atoms with E-state index >= 15 is 0 Å². The van der Waals surface area contributed by atoms with E-state index in [1.165, 1.54) is 17.6 Å². The minimum absolute atomic E-state index is 1.02. The number of rotatable bonds is 2. The number of allylic oxidation sites excluding steroid dienone is 1. The zero-order valence-electron chi connectivity index (χ0n) is 8.22. The second-order valence-electron chi connectivity index (χ2n) is 3.51. The van der Waals surface area contributed by atoms with Gasteiger partial charge in [0.05, 0.1) is 0 Å². The van der Waals surface area contributed by atoms with Crippen LogP contribution in [-0.2, 0) is 6.42 Å². The Morgan fingerprint density at radius 1 is 1.36 bits per heavy atom. The molecule has 0 atom stereocenters. The monoisotopic (exact) mass is 300 g/mol. The molecule has 1 nitrogen and oxygen atoms in total. The van der Waals surface area contributed by atoms with E-state index in [0.29, 0.717) is 0 Å². The van der Waals surface area contributed by atoms with Crippen LogP contribution in [0.5, 0.6) is 5.75 Å². The first-order valence-corrected chi connectivity index (χ1v) is 6.02. The first kappa shape index (κ1) is 10.0. The molecule has 0 aliphatic carbocycles. The van der Waals surface area contributed by atoms with Crippen LogP contribution in [0.3, 0.4) is 0 Å². The van der Waals surface area contributed by atoms with Crippen molar-refractivity contribution >= 4 is 22.6 Å². The first-order valence-electron chi connectivity index (χ1n) is 4.94. The van der Waals surface area contributed by atoms with E-state index in [0.717, 1.165) is 22.4 Å². The number of halogens is 1. The van der Waals surface area contributed by atoms with Gasteiger partial charge >= 0.3 is 0 Å². The summed E-state index contributed by atoms with van der Waals surface area (Å²) in [5, 5.41) is 0. The normalized spacial score (nSPS) is 15.0. The maximum atomic E-state index is 5.76. The minimum Gasteiger partial charge on any atom is -0.451 e. The number of para-hydroxylation sites is 1. The van der Waals surface area contributed by atoms with Crippen LogP contribution < -0.4 is 4.74 Å². The largest absolute Gasteiger partial charge is 0.451 e. The summed E-state index contributed by atoms with van der Waals surface area (Å²) in [5.74, 6) is 1.02. The molecule has 1 aliphatic heterocycles. The minimum atomic E-state index is 1.02. The summed E-state index contributed by atoms with van der Waals surface area (Å²) in [7, 11) is 0. The zero-order valence-corrected chi connectivity index (χ0v) is 10.4. The summed E-state index contributed by atoms with van der Waals surface area (Å²) in [6.45, 7) is 2.21. The maximum Gasteiger partial charge on any atom is 0.163 e. The molecule has 0 unspecified atom stereocenters. The van der Waals surface area contributed by atoms with Crippen LogP contribution in [0.15, 0.2) is 33.6 Å². The molecule has 0 amide bonds. The van der Waals surface area contributed by atoms with Crippen molar-refractivity contribution in [3.63, 3.8) is 0 Å². The average Bonchev–Trinajstić information content (AvgIpc) is 2.19. The lowest BCUT2D eigenvalue weighted by molar-refractivity contribution is 0.445. The summed E-state index contributed by atoms with van der Waals surface area (Å²) in [5.41, 5.74) is 2.75. The maximum absolute atomic E-state index is 5.76. The average molecular weight is 300 g/mol. The smallest absolute Gasteiger partial charge is 0.163 e. The molecule has 1 aliphatic rings. The highest BCUT2D eigenvalue weighted by Gasteiger charge is 2.16. The van der Waals surface area contributed by atoms with Crippen molar-refractivity contribution in [2.24, 2.45) is 0 Å². The Balaban J connectivity index is 2.27. The van der Waals surface area contributed by atoms with Crippen LogP contribution in [0.25, 0.3) is 0 Å². The van der Waals surface area contributed by atoms with Gasteiger partial charge in [0.25, 0.3) is 0 Å². The molecule has 74 valence electrons. The summed E-state index contributed by atoms with van der Waals surface area (Å²) < 4.78 is 6.84. The molecule has 0 spiro atoms. The van der Waals surface area contributed by atoms with Gasteiger partial charge in [-0.05, 0) is 46.2 Å². The summed E-state index contributed by atoms with van der Waals surface area (Å²) in [6, 6.07) is 8.28. The molecule has 0 saturated carbocycles. The highest BCUT2D eigenvalue weighted by molar-refractivity contribution is 14.1. The Hall–Kier alpha value is -0.510. The number of hydrogen-bond donors (Lipinski definition) is 0. The van der Waals surface area contributed by atoms with Gasteiger partial charge in [-0.3, -0.25) is 0 Å². The molecule has 2 rings (SSSR count). The predicted octanol–water partition coefficient (Wildman–Crippen LogP) is 4.07. The van der Waals surface area contributed by atoms with Crippen molar-refractivity contribution in [3.8, 4) is 5.75 Å². The van der Waals surface area contributed by atoms with Gasteiger partial charge in [0.15, 0.2) is 3.77 Å². The third-order valence-electron chi connectivity index (χ3n) is 2.41. The molecule has 14 heavy (non-hydrogen) atoms. The number of fused-ring (bicyclic) bond motifs is 1.